The Morgan fingerprint density at radius 1 is 0.667 bits per heavy atom. The lowest BCUT2D eigenvalue weighted by Crippen LogP contribution is -2.43. The van der Waals surface area contributed by atoms with E-state index < -0.39 is 0 Å². The van der Waals surface area contributed by atoms with Gasteiger partial charge in [0.15, 0.2) is 0 Å². The molecule has 2 fully saturated rings. The molecule has 0 spiro atoms. The van der Waals surface area contributed by atoms with E-state index in [0.29, 0.717) is 0 Å². The van der Waals surface area contributed by atoms with Crippen LogP contribution < -0.4 is 0 Å². The zero-order valence-electron chi connectivity index (χ0n) is 8.64. The lowest BCUT2D eigenvalue weighted by atomic mass is 9.88. The third kappa shape index (κ3) is 2.97. The highest BCUT2D eigenvalue weighted by atomic mass is 29.1. The van der Waals surface area contributed by atoms with Gasteiger partial charge in [0.05, 0.1) is 0 Å². The zero-order valence-corrected chi connectivity index (χ0v) is 15.6. The highest BCUT2D eigenvalue weighted by Crippen LogP contribution is 2.11. The molecule has 12 radical (unpaired) electrons. The van der Waals surface area contributed by atoms with Gasteiger partial charge in [-0.3, -0.25) is 0 Å². The Hall–Kier alpha value is 1.78. The standard InChI is InChI=1S/C4H8B4Si7/c9-5-1-2-6(10)14(5)13-15-7(11)3-4-8(15)12/h1-4H2. The predicted octanol–water partition coefficient (Wildman–Crippen LogP) is -2.35. The molecule has 2 rings (SSSR count). The number of hydrogen-bond donors (Lipinski definition) is 0. The summed E-state index contributed by atoms with van der Waals surface area (Å²) in [6, 6.07) is 0. The molecular formula is C4H8B4Si7. The molecule has 0 aromatic carbocycles. The molecule has 0 aromatic heterocycles. The van der Waals surface area contributed by atoms with Crippen LogP contribution in [0.2, 0.25) is 25.3 Å². The Morgan fingerprint density at radius 2 is 0.933 bits per heavy atom. The summed E-state index contributed by atoms with van der Waals surface area (Å²) in [4.78, 5) is 0. The van der Waals surface area contributed by atoms with Crippen LogP contribution >= 0.6 is 0 Å². The Morgan fingerprint density at radius 3 is 1.20 bits per heavy atom. The minimum atomic E-state index is -0.178. The summed E-state index contributed by atoms with van der Waals surface area (Å²) < 4.78 is 0. The van der Waals surface area contributed by atoms with E-state index in [1.54, 1.807) is 0 Å². The van der Waals surface area contributed by atoms with Crippen LogP contribution in [0.1, 0.15) is 0 Å². The fourth-order valence-corrected chi connectivity index (χ4v) is 32.2. The molecule has 0 atom stereocenters. The zero-order chi connectivity index (χ0) is 11.0. The van der Waals surface area contributed by atoms with Crippen molar-refractivity contribution in [2.45, 2.75) is 25.3 Å². The largest absolute Gasteiger partial charge is 0.133 e. The SMILES string of the molecule is [Si]B1CCB([Si])[Si]1=[Si]=[Si]1B([Si])CCB1[Si]. The first-order valence-corrected chi connectivity index (χ1v) is 14.1. The average Bonchev–Trinajstić information content (AvgIpc) is 2.67. The first kappa shape index (κ1) is 13.2. The summed E-state index contributed by atoms with van der Waals surface area (Å²) in [7, 11) is 16.7. The van der Waals surface area contributed by atoms with Gasteiger partial charge in [0.2, 0.25) is 0 Å². The van der Waals surface area contributed by atoms with E-state index in [4.69, 9.17) is 0 Å². The van der Waals surface area contributed by atoms with Crippen molar-refractivity contribution < 1.29 is 0 Å². The van der Waals surface area contributed by atoms with E-state index in [2.05, 4.69) is 40.5 Å². The molecule has 0 bridgehead atoms. The molecule has 2 saturated heterocycles. The third-order valence-corrected chi connectivity index (χ3v) is 27.5. The molecule has 0 N–H and O–H groups in total. The molecule has 64 valence electrons. The van der Waals surface area contributed by atoms with Crippen molar-refractivity contribution in [1.29, 1.82) is 0 Å². The third-order valence-electron chi connectivity index (χ3n) is 3.28. The van der Waals surface area contributed by atoms with Gasteiger partial charge in [-0.2, -0.15) is 0 Å². The Kier molecular flexibility index (Phi) is 4.94. The van der Waals surface area contributed by atoms with E-state index in [1.807, 2.05) is 0 Å². The second-order valence-corrected chi connectivity index (χ2v) is 20.8. The number of rotatable bonds is 0. The quantitative estimate of drug-likeness (QED) is 0.439. The van der Waals surface area contributed by atoms with Crippen LogP contribution in [0.25, 0.3) is 0 Å². The van der Waals surface area contributed by atoms with Crippen LogP contribution in [0.5, 0.6) is 0 Å². The molecule has 0 amide bonds. The van der Waals surface area contributed by atoms with E-state index in [-0.39, 0.29) is 15.3 Å². The first-order valence-electron chi connectivity index (χ1n) is 5.44. The molecular weight excluding hydrogens is 288 g/mol. The summed E-state index contributed by atoms with van der Waals surface area (Å²) in [6.07, 6.45) is 5.56. The summed E-state index contributed by atoms with van der Waals surface area (Å²) in [6.45, 7) is 0. The molecule has 2 aliphatic rings. The van der Waals surface area contributed by atoms with Gasteiger partial charge in [-0.15, -0.1) is 7.71 Å². The smallest absolute Gasteiger partial charge is 0.129 e. The van der Waals surface area contributed by atoms with Crippen LogP contribution in [-0.4, -0.2) is 87.0 Å². The van der Waals surface area contributed by atoms with Gasteiger partial charge in [0, 0.05) is 0 Å². The molecule has 11 heteroatoms. The van der Waals surface area contributed by atoms with E-state index in [1.165, 1.54) is 33.0 Å². The van der Waals surface area contributed by atoms with Crippen molar-refractivity contribution in [3.63, 3.8) is 0 Å². The van der Waals surface area contributed by atoms with Gasteiger partial charge < -0.3 is 0 Å². The van der Waals surface area contributed by atoms with Gasteiger partial charge in [-0.25, -0.2) is 0 Å². The summed E-state index contributed by atoms with van der Waals surface area (Å²) in [5.41, 5.74) is 0. The van der Waals surface area contributed by atoms with Gasteiger partial charge in [0.25, 0.3) is 0 Å². The lowest BCUT2D eigenvalue weighted by molar-refractivity contribution is 1.45. The molecule has 0 saturated carbocycles. The van der Waals surface area contributed by atoms with Gasteiger partial charge in [-0.1, -0.05) is 25.3 Å². The predicted molar refractivity (Wildman–Crippen MR) is 82.5 cm³/mol. The van der Waals surface area contributed by atoms with Crippen molar-refractivity contribution >= 4 is 87.0 Å². The topological polar surface area (TPSA) is 0 Å². The highest BCUT2D eigenvalue weighted by Gasteiger charge is 2.32. The maximum absolute atomic E-state index is 3.95. The van der Waals surface area contributed by atoms with Crippen molar-refractivity contribution in [2.24, 2.45) is 0 Å². The Labute approximate surface area is 112 Å². The molecule has 0 unspecified atom stereocenters. The summed E-state index contributed by atoms with van der Waals surface area (Å²) in [5.74, 6) is 3.41. The van der Waals surface area contributed by atoms with Gasteiger partial charge >= 0.3 is 0 Å². The van der Waals surface area contributed by atoms with Crippen LogP contribution in [0.3, 0.4) is 0 Å². The van der Waals surface area contributed by atoms with Crippen LogP contribution in [0, 0.1) is 0 Å². The molecule has 2 heterocycles. The van der Waals surface area contributed by atoms with E-state index in [0.717, 1.165) is 23.6 Å². The Bertz CT molecular complexity index is 275. The minimum absolute atomic E-state index is 0.178. The second kappa shape index (κ2) is 5.61. The van der Waals surface area contributed by atoms with Crippen molar-refractivity contribution in [3.8, 4) is 0 Å². The maximum atomic E-state index is 3.95. The second-order valence-electron chi connectivity index (χ2n) is 4.40. The van der Waals surface area contributed by atoms with Crippen LogP contribution in [0.15, 0.2) is 0 Å². The molecule has 0 nitrogen and oxygen atoms in total. The summed E-state index contributed by atoms with van der Waals surface area (Å²) >= 11 is 0. The Balaban J connectivity index is 2.36. The molecule has 2 aliphatic heterocycles. The molecule has 0 aliphatic carbocycles. The fraction of sp³-hybridized carbons (Fsp3) is 1.00. The average molecular weight is 296 g/mol. The minimum Gasteiger partial charge on any atom is -0.133 e. The first-order chi connectivity index (χ1) is 7.09. The van der Waals surface area contributed by atoms with Crippen molar-refractivity contribution in [1.82, 2.24) is 0 Å². The summed E-state index contributed by atoms with van der Waals surface area (Å²) in [5, 5.41) is 0. The van der Waals surface area contributed by atoms with E-state index in [9.17, 15) is 0 Å². The molecule has 0 aromatic rings. The lowest BCUT2D eigenvalue weighted by Gasteiger charge is -2.05. The van der Waals surface area contributed by atoms with Crippen LogP contribution in [-0.2, 0) is 0 Å². The van der Waals surface area contributed by atoms with E-state index >= 15 is 0 Å². The van der Waals surface area contributed by atoms with Gasteiger partial charge in [0.1, 0.15) is 23.6 Å². The monoisotopic (exact) mass is 296 g/mol. The van der Waals surface area contributed by atoms with Crippen molar-refractivity contribution in [3.05, 3.63) is 0 Å². The molecule has 15 heavy (non-hydrogen) atoms. The van der Waals surface area contributed by atoms with Crippen molar-refractivity contribution in [2.75, 3.05) is 0 Å². The van der Waals surface area contributed by atoms with Gasteiger partial charge in [-0.05, 0) is 55.7 Å². The maximum Gasteiger partial charge on any atom is 0.129 e. The normalized spacial score (nSPS) is 21.9. The van der Waals surface area contributed by atoms with Crippen LogP contribution in [0.4, 0.5) is 0 Å². The fourth-order valence-electron chi connectivity index (χ4n) is 2.29. The number of hydrogen-bond acceptors (Lipinski definition) is 0. The highest BCUT2D eigenvalue weighted by molar-refractivity contribution is 7.80.